The average molecular weight is 384 g/mol. The number of H-pyrrole nitrogens is 1. The van der Waals surface area contributed by atoms with Crippen LogP contribution in [0.4, 0.5) is 0 Å². The van der Waals surface area contributed by atoms with E-state index in [9.17, 15) is 9.59 Å². The Morgan fingerprint density at radius 3 is 2.70 bits per heavy atom. The summed E-state index contributed by atoms with van der Waals surface area (Å²) in [7, 11) is 0. The fraction of sp³-hybridized carbons (Fsp3) is 0.278. The number of carbonyl (C=O) groups is 1. The summed E-state index contributed by atoms with van der Waals surface area (Å²) in [6, 6.07) is 7.69. The molecule has 2 N–H and O–H groups in total. The van der Waals surface area contributed by atoms with Crippen LogP contribution in [0, 0.1) is 6.92 Å². The Morgan fingerprint density at radius 1 is 1.30 bits per heavy atom. The number of carbonyl (C=O) groups excluding carboxylic acids is 1. The van der Waals surface area contributed by atoms with Crippen molar-refractivity contribution in [3.63, 3.8) is 0 Å². The lowest BCUT2D eigenvalue weighted by Crippen LogP contribution is -2.25. The Kier molecular flexibility index (Phi) is 6.02. The van der Waals surface area contributed by atoms with Gasteiger partial charge in [0.2, 0.25) is 5.91 Å². The number of hydrogen-bond acceptors (Lipinski definition) is 6. The third-order valence-corrected chi connectivity index (χ3v) is 4.69. The molecular weight excluding hydrogens is 364 g/mol. The van der Waals surface area contributed by atoms with E-state index >= 15 is 0 Å². The number of aryl methyl sites for hydroxylation is 1. The van der Waals surface area contributed by atoms with Crippen LogP contribution in [-0.4, -0.2) is 36.9 Å². The molecule has 0 aliphatic rings. The van der Waals surface area contributed by atoms with Crippen molar-refractivity contribution in [2.24, 2.45) is 0 Å². The van der Waals surface area contributed by atoms with Crippen LogP contribution >= 0.6 is 11.8 Å². The third-order valence-electron chi connectivity index (χ3n) is 4.11. The first-order valence-electron chi connectivity index (χ1n) is 8.41. The minimum Gasteiger partial charge on any atom is -0.352 e. The van der Waals surface area contributed by atoms with E-state index in [-0.39, 0.29) is 17.9 Å². The van der Waals surface area contributed by atoms with Crippen molar-refractivity contribution in [2.45, 2.75) is 31.5 Å². The number of nitrogens with one attached hydrogen (secondary N) is 2. The standard InChI is InChI=1S/C18H20N6O2S/c1-12-15(17(26)23-18(22-12)27-2)7-8-16(25)20-9-13-3-5-14(6-4-13)24-11-19-10-21-24/h3-6,10-11H,7-9H2,1-2H3,(H,20,25)(H,22,23,26). The van der Waals surface area contributed by atoms with Gasteiger partial charge in [-0.1, -0.05) is 23.9 Å². The lowest BCUT2D eigenvalue weighted by molar-refractivity contribution is -0.121. The molecule has 3 rings (SSSR count). The molecule has 0 aliphatic carbocycles. The van der Waals surface area contributed by atoms with Gasteiger partial charge in [0.1, 0.15) is 12.7 Å². The molecule has 140 valence electrons. The van der Waals surface area contributed by atoms with Crippen LogP contribution in [0.3, 0.4) is 0 Å². The number of amides is 1. The van der Waals surface area contributed by atoms with Gasteiger partial charge in [-0.3, -0.25) is 9.59 Å². The van der Waals surface area contributed by atoms with E-state index in [4.69, 9.17) is 0 Å². The van der Waals surface area contributed by atoms with Gasteiger partial charge >= 0.3 is 0 Å². The fourth-order valence-corrected chi connectivity index (χ4v) is 3.03. The zero-order chi connectivity index (χ0) is 19.2. The maximum atomic E-state index is 12.1. The van der Waals surface area contributed by atoms with Gasteiger partial charge < -0.3 is 10.3 Å². The lowest BCUT2D eigenvalue weighted by Gasteiger charge is -2.08. The molecule has 9 heteroatoms. The Bertz CT molecular complexity index is 967. The molecule has 8 nitrogen and oxygen atoms in total. The zero-order valence-electron chi connectivity index (χ0n) is 15.1. The summed E-state index contributed by atoms with van der Waals surface area (Å²) in [4.78, 5) is 35.2. The van der Waals surface area contributed by atoms with Crippen molar-refractivity contribution in [1.29, 1.82) is 0 Å². The van der Waals surface area contributed by atoms with Crippen LogP contribution in [0.1, 0.15) is 23.2 Å². The van der Waals surface area contributed by atoms with Crippen molar-refractivity contribution in [1.82, 2.24) is 30.0 Å². The van der Waals surface area contributed by atoms with E-state index < -0.39 is 0 Å². The smallest absolute Gasteiger partial charge is 0.254 e. The highest BCUT2D eigenvalue weighted by Crippen LogP contribution is 2.10. The molecule has 0 radical (unpaired) electrons. The molecule has 0 saturated carbocycles. The number of aromatic nitrogens is 5. The summed E-state index contributed by atoms with van der Waals surface area (Å²) in [5.41, 5.74) is 2.92. The van der Waals surface area contributed by atoms with E-state index in [1.54, 1.807) is 17.9 Å². The van der Waals surface area contributed by atoms with Gasteiger partial charge in [-0.25, -0.2) is 14.6 Å². The summed E-state index contributed by atoms with van der Waals surface area (Å²) in [5, 5.41) is 7.53. The molecule has 2 aromatic heterocycles. The molecule has 27 heavy (non-hydrogen) atoms. The molecule has 2 heterocycles. The van der Waals surface area contributed by atoms with Gasteiger partial charge in [0, 0.05) is 24.2 Å². The molecule has 1 aromatic carbocycles. The third kappa shape index (κ3) is 4.82. The molecule has 0 spiro atoms. The molecule has 0 unspecified atom stereocenters. The summed E-state index contributed by atoms with van der Waals surface area (Å²) in [6.45, 7) is 2.22. The number of hydrogen-bond donors (Lipinski definition) is 2. The molecule has 0 saturated heterocycles. The normalized spacial score (nSPS) is 10.7. The Morgan fingerprint density at radius 2 is 2.07 bits per heavy atom. The van der Waals surface area contributed by atoms with Crippen molar-refractivity contribution in [2.75, 3.05) is 6.26 Å². The van der Waals surface area contributed by atoms with Gasteiger partial charge in [0.05, 0.1) is 5.69 Å². The van der Waals surface area contributed by atoms with E-state index in [0.29, 0.717) is 29.4 Å². The summed E-state index contributed by atoms with van der Waals surface area (Å²) >= 11 is 1.38. The molecule has 1 amide bonds. The molecule has 3 aromatic rings. The SMILES string of the molecule is CSc1nc(C)c(CCC(=O)NCc2ccc(-n3cncn3)cc2)c(=O)[nH]1. The average Bonchev–Trinajstić information content (AvgIpc) is 3.20. The predicted molar refractivity (Wildman–Crippen MR) is 103 cm³/mol. The highest BCUT2D eigenvalue weighted by Gasteiger charge is 2.10. The van der Waals surface area contributed by atoms with E-state index in [1.165, 1.54) is 18.1 Å². The van der Waals surface area contributed by atoms with Crippen LogP contribution in [0.5, 0.6) is 0 Å². The van der Waals surface area contributed by atoms with Gasteiger partial charge in [-0.05, 0) is 37.3 Å². The van der Waals surface area contributed by atoms with E-state index in [2.05, 4.69) is 25.4 Å². The lowest BCUT2D eigenvalue weighted by atomic mass is 10.1. The van der Waals surface area contributed by atoms with Gasteiger partial charge in [0.15, 0.2) is 5.16 Å². The molecule has 0 bridgehead atoms. The van der Waals surface area contributed by atoms with E-state index in [0.717, 1.165) is 11.3 Å². The Labute approximate surface area is 160 Å². The highest BCUT2D eigenvalue weighted by molar-refractivity contribution is 7.98. The molecular formula is C18H20N6O2S. The largest absolute Gasteiger partial charge is 0.352 e. The number of aromatic amines is 1. The van der Waals surface area contributed by atoms with E-state index in [1.807, 2.05) is 30.5 Å². The second-order valence-corrected chi connectivity index (χ2v) is 6.72. The first kappa shape index (κ1) is 18.8. The summed E-state index contributed by atoms with van der Waals surface area (Å²) < 4.78 is 1.67. The van der Waals surface area contributed by atoms with Crippen molar-refractivity contribution < 1.29 is 4.79 Å². The first-order valence-corrected chi connectivity index (χ1v) is 9.63. The summed E-state index contributed by atoms with van der Waals surface area (Å²) in [5.74, 6) is -0.108. The quantitative estimate of drug-likeness (QED) is 0.474. The Balaban J connectivity index is 1.52. The van der Waals surface area contributed by atoms with Crippen LogP contribution in [0.15, 0.2) is 46.9 Å². The van der Waals surface area contributed by atoms with Crippen LogP contribution in [0.2, 0.25) is 0 Å². The number of benzene rings is 1. The minimum absolute atomic E-state index is 0.108. The maximum absolute atomic E-state index is 12.1. The van der Waals surface area contributed by atoms with Crippen LogP contribution in [0.25, 0.3) is 5.69 Å². The molecule has 0 aliphatic heterocycles. The maximum Gasteiger partial charge on any atom is 0.254 e. The van der Waals surface area contributed by atoms with Crippen molar-refractivity contribution in [3.05, 3.63) is 64.1 Å². The number of thioether (sulfide) groups is 1. The van der Waals surface area contributed by atoms with Gasteiger partial charge in [0.25, 0.3) is 5.56 Å². The van der Waals surface area contributed by atoms with Crippen molar-refractivity contribution in [3.8, 4) is 5.69 Å². The monoisotopic (exact) mass is 384 g/mol. The van der Waals surface area contributed by atoms with Crippen LogP contribution in [-0.2, 0) is 17.8 Å². The minimum atomic E-state index is -0.177. The van der Waals surface area contributed by atoms with Gasteiger partial charge in [-0.2, -0.15) is 5.10 Å². The summed E-state index contributed by atoms with van der Waals surface area (Å²) in [6.07, 6.45) is 5.55. The van der Waals surface area contributed by atoms with Crippen LogP contribution < -0.4 is 10.9 Å². The molecule has 0 atom stereocenters. The predicted octanol–water partition coefficient (Wildman–Crippen LogP) is 1.63. The number of nitrogens with zero attached hydrogens (tertiary/aromatic N) is 4. The second-order valence-electron chi connectivity index (χ2n) is 5.92. The number of rotatable bonds is 7. The molecule has 0 fully saturated rings. The van der Waals surface area contributed by atoms with Crippen molar-refractivity contribution >= 4 is 17.7 Å². The Hall–Kier alpha value is -2.94. The zero-order valence-corrected chi connectivity index (χ0v) is 15.9. The fourth-order valence-electron chi connectivity index (χ4n) is 2.61. The highest BCUT2D eigenvalue weighted by atomic mass is 32.2. The topological polar surface area (TPSA) is 106 Å². The first-order chi connectivity index (χ1) is 13.1. The van der Waals surface area contributed by atoms with Gasteiger partial charge in [-0.15, -0.1) is 0 Å². The second kappa shape index (κ2) is 8.63.